The lowest BCUT2D eigenvalue weighted by molar-refractivity contribution is -0.150. The van der Waals surface area contributed by atoms with Gasteiger partial charge < -0.3 is 31.3 Å². The lowest BCUT2D eigenvalue weighted by atomic mass is 10.0. The number of carboxylic acids is 1. The maximum atomic E-state index is 13.3. The number of β-lactam (4-membered cyclic amide) rings is 1. The molecule has 0 aliphatic carbocycles. The van der Waals surface area contributed by atoms with Crippen LogP contribution in [0.4, 0.5) is 5.13 Å². The summed E-state index contributed by atoms with van der Waals surface area (Å²) in [6.45, 7) is 1.43. The monoisotopic (exact) mass is 652 g/mol. The van der Waals surface area contributed by atoms with Crippen LogP contribution in [0, 0.1) is 0 Å². The number of nitrogens with one attached hydrogen (secondary N) is 1. The van der Waals surface area contributed by atoms with E-state index in [4.69, 9.17) is 10.6 Å². The van der Waals surface area contributed by atoms with Gasteiger partial charge >= 0.3 is 5.97 Å². The fraction of sp³-hybridized carbons (Fsp3) is 0.273. The molecule has 2 amide bonds. The lowest BCUT2D eigenvalue weighted by Crippen LogP contribution is -2.71. The number of nitrogen functional groups attached to an aromatic ring is 1. The number of carbonyl (C=O) groups is 3. The highest BCUT2D eigenvalue weighted by Gasteiger charge is 2.54. The van der Waals surface area contributed by atoms with Crippen molar-refractivity contribution in [3.8, 4) is 5.75 Å². The number of aromatic hydroxyl groups is 1. The van der Waals surface area contributed by atoms with Gasteiger partial charge in [0.25, 0.3) is 11.8 Å². The summed E-state index contributed by atoms with van der Waals surface area (Å²) in [7, 11) is 0. The van der Waals surface area contributed by atoms with Gasteiger partial charge in [-0.15, -0.1) is 40.0 Å². The van der Waals surface area contributed by atoms with E-state index in [1.54, 1.807) is 6.20 Å². The van der Waals surface area contributed by atoms with Crippen LogP contribution in [-0.4, -0.2) is 86.0 Å². The fourth-order valence-corrected chi connectivity index (χ4v) is 7.46. The van der Waals surface area contributed by atoms with Gasteiger partial charge in [0.2, 0.25) is 5.43 Å². The zero-order valence-corrected chi connectivity index (χ0v) is 24.5. The minimum Gasteiger partial charge on any atom is -0.503 e. The van der Waals surface area contributed by atoms with Gasteiger partial charge in [0.05, 0.1) is 12.4 Å². The second kappa shape index (κ2) is 12.0. The average Bonchev–Trinajstić information content (AvgIpc) is 3.63. The van der Waals surface area contributed by atoms with Crippen LogP contribution in [0.2, 0.25) is 0 Å². The molecule has 3 aromatic heterocycles. The lowest BCUT2D eigenvalue weighted by Gasteiger charge is -2.49. The van der Waals surface area contributed by atoms with E-state index in [9.17, 15) is 34.6 Å². The number of nitrogens with zero attached hydrogens (tertiary/aromatic N) is 6. The molecule has 3 aromatic rings. The molecule has 1 unspecified atom stereocenters. The molecule has 2 aliphatic heterocycles. The molecule has 20 heteroatoms. The number of aromatic nitrogens is 4. The molecule has 0 spiro atoms. The van der Waals surface area contributed by atoms with Crippen LogP contribution in [0.1, 0.15) is 24.4 Å². The highest BCUT2D eigenvalue weighted by atomic mass is 32.2. The highest BCUT2D eigenvalue weighted by molar-refractivity contribution is 8.01. The molecule has 0 bridgehead atoms. The highest BCUT2D eigenvalue weighted by Crippen LogP contribution is 2.41. The summed E-state index contributed by atoms with van der Waals surface area (Å²) in [6, 6.07) is -0.123. The molecule has 0 radical (unpaired) electrons. The Bertz CT molecular complexity index is 1670. The molecule has 5 heterocycles. The van der Waals surface area contributed by atoms with Crippen molar-refractivity contribution in [2.24, 2.45) is 5.16 Å². The van der Waals surface area contributed by atoms with Crippen LogP contribution in [0.3, 0.4) is 0 Å². The number of thioether (sulfide) groups is 2. The fourth-order valence-electron chi connectivity index (χ4n) is 4.00. The molecule has 1 fully saturated rings. The average molecular weight is 653 g/mol. The Hall–Kier alpha value is -4.14. The van der Waals surface area contributed by atoms with Crippen molar-refractivity contribution in [3.05, 3.63) is 56.7 Å². The number of pyridine rings is 1. The summed E-state index contributed by atoms with van der Waals surface area (Å²) >= 11 is 4.88. The molecular weight excluding hydrogens is 633 g/mol. The number of amides is 2. The number of rotatable bonds is 10. The molecule has 0 aromatic carbocycles. The zero-order chi connectivity index (χ0) is 30.1. The summed E-state index contributed by atoms with van der Waals surface area (Å²) in [4.78, 5) is 61.0. The third-order valence-corrected chi connectivity index (χ3v) is 9.94. The number of aliphatic carboxylic acids is 1. The van der Waals surface area contributed by atoms with Crippen LogP contribution in [0.15, 0.2) is 49.3 Å². The molecule has 6 N–H and O–H groups in total. The Morgan fingerprint density at radius 1 is 1.38 bits per heavy atom. The molecule has 3 atom stereocenters. The minimum absolute atomic E-state index is 0.0391. The molecule has 5 rings (SSSR count). The molecule has 42 heavy (non-hydrogen) atoms. The van der Waals surface area contributed by atoms with Gasteiger partial charge in [0.15, 0.2) is 22.7 Å². The molecule has 2 aliphatic rings. The largest absolute Gasteiger partial charge is 0.503 e. The van der Waals surface area contributed by atoms with E-state index in [0.717, 1.165) is 32.7 Å². The second-order valence-corrected chi connectivity index (χ2v) is 12.8. The summed E-state index contributed by atoms with van der Waals surface area (Å²) in [5.41, 5.74) is 5.01. The van der Waals surface area contributed by atoms with E-state index in [-0.39, 0.29) is 27.9 Å². The van der Waals surface area contributed by atoms with Gasteiger partial charge in [-0.1, -0.05) is 9.64 Å². The van der Waals surface area contributed by atoms with Crippen LogP contribution >= 0.6 is 46.4 Å². The Kier molecular flexibility index (Phi) is 8.38. The van der Waals surface area contributed by atoms with Crippen molar-refractivity contribution >= 4 is 75.0 Å². The number of carboxylic acid groups (broad SMARTS) is 1. The number of nitrogens with two attached hydrogens (primary N) is 1. The van der Waals surface area contributed by atoms with Crippen LogP contribution in [-0.2, 0) is 19.2 Å². The third-order valence-electron chi connectivity index (χ3n) is 6.00. The topological polar surface area (TPSA) is 235 Å². The van der Waals surface area contributed by atoms with Crippen molar-refractivity contribution in [1.29, 1.82) is 0 Å². The van der Waals surface area contributed by atoms with Gasteiger partial charge in [0, 0.05) is 23.0 Å². The van der Waals surface area contributed by atoms with E-state index in [2.05, 4.69) is 25.0 Å². The van der Waals surface area contributed by atoms with Crippen LogP contribution in [0.25, 0.3) is 0 Å². The summed E-state index contributed by atoms with van der Waals surface area (Å²) < 4.78 is 5.06. The number of fused-ring (bicyclic) bond motifs is 1. The van der Waals surface area contributed by atoms with Gasteiger partial charge in [-0.25, -0.2) is 9.78 Å². The van der Waals surface area contributed by atoms with Gasteiger partial charge in [-0.3, -0.25) is 19.3 Å². The summed E-state index contributed by atoms with van der Waals surface area (Å²) in [5, 5.41) is 40.5. The standard InChI is InChI=1S/C22H20N8O8S4/c1-8(11-2-12(31)13(32)4-29(11)37)38-27-15(10-7-41-22(23)25-10)18(33)26-16-19(34)30-17(21(35)36)9(6-40-20(16)30)5-39-14-3-24-28-42-14/h2-4,7-8,16,20,32,37H,5-6H2,1H3,(H2,23,25)(H,26,33)(H,35,36)/b27-15-/t8?,16-,20-/m1/s1. The Balaban J connectivity index is 1.34. The second-order valence-electron chi connectivity index (χ2n) is 8.69. The third kappa shape index (κ3) is 5.78. The normalized spacial score (nSPS) is 19.2. The van der Waals surface area contributed by atoms with E-state index < -0.39 is 46.5 Å². The minimum atomic E-state index is -1.25. The van der Waals surface area contributed by atoms with Crippen molar-refractivity contribution in [2.45, 2.75) is 28.7 Å². The van der Waals surface area contributed by atoms with E-state index in [1.165, 1.54) is 47.4 Å². The molecule has 16 nitrogen and oxygen atoms in total. The predicted molar refractivity (Wildman–Crippen MR) is 152 cm³/mol. The van der Waals surface area contributed by atoms with Gasteiger partial charge in [0.1, 0.15) is 32.7 Å². The Morgan fingerprint density at radius 3 is 2.83 bits per heavy atom. The number of hydrogen-bond acceptors (Lipinski definition) is 16. The number of hydrogen-bond donors (Lipinski definition) is 5. The first kappa shape index (κ1) is 29.4. The Labute approximate surface area is 252 Å². The molecule has 1 saturated heterocycles. The maximum absolute atomic E-state index is 13.3. The number of anilines is 1. The smallest absolute Gasteiger partial charge is 0.352 e. The first-order valence-corrected chi connectivity index (χ1v) is 15.4. The van der Waals surface area contributed by atoms with Gasteiger partial charge in [-0.05, 0) is 24.0 Å². The molecular formula is C22H20N8O8S4. The molecule has 220 valence electrons. The van der Waals surface area contributed by atoms with Crippen molar-refractivity contribution in [3.63, 3.8) is 0 Å². The predicted octanol–water partition coefficient (Wildman–Crippen LogP) is 0.694. The Morgan fingerprint density at radius 2 is 2.17 bits per heavy atom. The zero-order valence-electron chi connectivity index (χ0n) is 21.2. The summed E-state index contributed by atoms with van der Waals surface area (Å²) in [6.07, 6.45) is 1.28. The van der Waals surface area contributed by atoms with Crippen LogP contribution < -0.4 is 16.5 Å². The van der Waals surface area contributed by atoms with Crippen molar-refractivity contribution in [2.75, 3.05) is 17.2 Å². The maximum Gasteiger partial charge on any atom is 0.352 e. The van der Waals surface area contributed by atoms with Gasteiger partial charge in [-0.2, -0.15) is 4.73 Å². The van der Waals surface area contributed by atoms with Crippen molar-refractivity contribution in [1.82, 2.24) is 29.5 Å². The van der Waals surface area contributed by atoms with E-state index in [0.29, 0.717) is 21.8 Å². The number of carbonyl (C=O) groups excluding carboxylic acids is 2. The quantitative estimate of drug-likeness (QED) is 0.0667. The van der Waals surface area contributed by atoms with E-state index >= 15 is 0 Å². The first-order valence-electron chi connectivity index (χ1n) is 11.8. The number of oxime groups is 1. The first-order chi connectivity index (χ1) is 20.0. The number of thiazole rings is 1. The van der Waals surface area contributed by atoms with E-state index in [1.807, 2.05) is 0 Å². The molecule has 0 saturated carbocycles. The van der Waals surface area contributed by atoms with Crippen molar-refractivity contribution < 1.29 is 34.6 Å². The SMILES string of the molecule is CC(O/N=C(\C(=O)N[C@@H]1C(=O)N2C(C(=O)O)=C(CSc3cnns3)CS[C@H]12)c1csc(N)n1)c1cc(=O)c(O)cn1O. The van der Waals surface area contributed by atoms with Crippen LogP contribution in [0.5, 0.6) is 5.75 Å². The summed E-state index contributed by atoms with van der Waals surface area (Å²) in [5.74, 6) is -2.75.